The van der Waals surface area contributed by atoms with Gasteiger partial charge in [0, 0.05) is 19.1 Å². The van der Waals surface area contributed by atoms with Gasteiger partial charge in [0.05, 0.1) is 11.3 Å². The molecule has 1 aliphatic heterocycles. The number of carboxylic acids is 1. The second-order valence-corrected chi connectivity index (χ2v) is 5.05. The summed E-state index contributed by atoms with van der Waals surface area (Å²) in [5.74, 6) is -2.99. The van der Waals surface area contributed by atoms with Crippen molar-refractivity contribution < 1.29 is 27.9 Å². The van der Waals surface area contributed by atoms with Gasteiger partial charge in [0.1, 0.15) is 0 Å². The molecule has 1 amide bonds. The number of para-hydroxylation sites is 1. The molecule has 1 heterocycles. The van der Waals surface area contributed by atoms with Crippen molar-refractivity contribution in [3.63, 3.8) is 0 Å². The highest BCUT2D eigenvalue weighted by Crippen LogP contribution is 2.25. The third-order valence-corrected chi connectivity index (χ3v) is 3.56. The molecule has 1 saturated heterocycles. The van der Waals surface area contributed by atoms with Gasteiger partial charge in [0.15, 0.2) is 0 Å². The van der Waals surface area contributed by atoms with Crippen LogP contribution in [0.2, 0.25) is 0 Å². The lowest BCUT2D eigenvalue weighted by atomic mass is 10.0. The van der Waals surface area contributed by atoms with Gasteiger partial charge >= 0.3 is 18.1 Å². The molecule has 1 aromatic carbocycles. The summed E-state index contributed by atoms with van der Waals surface area (Å²) in [5, 5.41) is 11.1. The Morgan fingerprint density at radius 2 is 1.77 bits per heavy atom. The number of carbonyl (C=O) groups excluding carboxylic acids is 1. The van der Waals surface area contributed by atoms with E-state index >= 15 is 0 Å². The molecule has 120 valence electrons. The minimum atomic E-state index is -4.88. The van der Waals surface area contributed by atoms with Crippen LogP contribution < -0.4 is 10.2 Å². The van der Waals surface area contributed by atoms with E-state index in [1.807, 2.05) is 5.32 Å². The number of carbonyl (C=O) groups is 2. The third-order valence-electron chi connectivity index (χ3n) is 3.56. The van der Waals surface area contributed by atoms with Crippen LogP contribution in [-0.4, -0.2) is 42.3 Å². The molecule has 0 bridgehead atoms. The van der Waals surface area contributed by atoms with Crippen molar-refractivity contribution in [2.75, 3.05) is 18.0 Å². The standard InChI is InChI=1S/C14H15F3N2O3/c15-14(16,17)13(22)18-9-5-7-19(8-6-9)11-4-2-1-3-10(11)12(20)21/h1-4,9H,5-8H2,(H,18,22)(H,20,21). The van der Waals surface area contributed by atoms with Crippen LogP contribution in [0.1, 0.15) is 23.2 Å². The smallest absolute Gasteiger partial charge is 0.471 e. The first-order valence-electron chi connectivity index (χ1n) is 6.74. The number of nitrogens with one attached hydrogen (secondary N) is 1. The van der Waals surface area contributed by atoms with Gasteiger partial charge in [-0.05, 0) is 25.0 Å². The summed E-state index contributed by atoms with van der Waals surface area (Å²) in [6.07, 6.45) is -4.22. The molecule has 2 N–H and O–H groups in total. The normalized spacial score (nSPS) is 16.4. The molecular weight excluding hydrogens is 301 g/mol. The number of aromatic carboxylic acids is 1. The number of amides is 1. The molecule has 1 fully saturated rings. The van der Waals surface area contributed by atoms with Crippen LogP contribution in [0, 0.1) is 0 Å². The molecule has 0 spiro atoms. The summed E-state index contributed by atoms with van der Waals surface area (Å²) >= 11 is 0. The SMILES string of the molecule is O=C(O)c1ccccc1N1CCC(NC(=O)C(F)(F)F)CC1. The van der Waals surface area contributed by atoms with E-state index in [4.69, 9.17) is 5.11 Å². The van der Waals surface area contributed by atoms with E-state index < -0.39 is 24.1 Å². The average Bonchev–Trinajstić information content (AvgIpc) is 2.47. The molecule has 1 aromatic rings. The molecule has 0 aromatic heterocycles. The Morgan fingerprint density at radius 1 is 1.18 bits per heavy atom. The maximum Gasteiger partial charge on any atom is 0.471 e. The van der Waals surface area contributed by atoms with Gasteiger partial charge in [0.2, 0.25) is 0 Å². The number of benzene rings is 1. The molecule has 0 radical (unpaired) electrons. The highest BCUT2D eigenvalue weighted by atomic mass is 19.4. The van der Waals surface area contributed by atoms with Crippen molar-refractivity contribution in [1.29, 1.82) is 0 Å². The van der Waals surface area contributed by atoms with Crippen LogP contribution in [0.15, 0.2) is 24.3 Å². The first-order chi connectivity index (χ1) is 10.3. The Kier molecular flexibility index (Phi) is 4.58. The zero-order valence-electron chi connectivity index (χ0n) is 11.6. The predicted octanol–water partition coefficient (Wildman–Crippen LogP) is 2.03. The number of hydrogen-bond donors (Lipinski definition) is 2. The number of piperidine rings is 1. The minimum absolute atomic E-state index is 0.153. The second kappa shape index (κ2) is 6.25. The van der Waals surface area contributed by atoms with Crippen LogP contribution in [-0.2, 0) is 4.79 Å². The molecule has 0 unspecified atom stereocenters. The van der Waals surface area contributed by atoms with Crippen molar-refractivity contribution in [2.45, 2.75) is 25.1 Å². The first-order valence-corrected chi connectivity index (χ1v) is 6.74. The van der Waals surface area contributed by atoms with Crippen LogP contribution >= 0.6 is 0 Å². The molecular formula is C14H15F3N2O3. The monoisotopic (exact) mass is 316 g/mol. The van der Waals surface area contributed by atoms with E-state index in [9.17, 15) is 22.8 Å². The van der Waals surface area contributed by atoms with Crippen LogP contribution in [0.4, 0.5) is 18.9 Å². The van der Waals surface area contributed by atoms with Crippen molar-refractivity contribution in [1.82, 2.24) is 5.32 Å². The van der Waals surface area contributed by atoms with Gasteiger partial charge in [-0.1, -0.05) is 12.1 Å². The molecule has 1 aliphatic rings. The van der Waals surface area contributed by atoms with E-state index in [0.29, 0.717) is 31.6 Å². The molecule has 0 saturated carbocycles. The maximum atomic E-state index is 12.2. The van der Waals surface area contributed by atoms with Crippen molar-refractivity contribution in [3.8, 4) is 0 Å². The second-order valence-electron chi connectivity index (χ2n) is 5.05. The molecule has 0 atom stereocenters. The topological polar surface area (TPSA) is 69.6 Å². The lowest BCUT2D eigenvalue weighted by molar-refractivity contribution is -0.174. The van der Waals surface area contributed by atoms with Gasteiger partial charge < -0.3 is 15.3 Å². The number of anilines is 1. The summed E-state index contributed by atoms with van der Waals surface area (Å²) in [6.45, 7) is 0.764. The number of nitrogens with zero attached hydrogens (tertiary/aromatic N) is 1. The Bertz CT molecular complexity index is 567. The average molecular weight is 316 g/mol. The molecule has 0 aliphatic carbocycles. The first kappa shape index (κ1) is 16.1. The van der Waals surface area contributed by atoms with Gasteiger partial charge in [0.25, 0.3) is 0 Å². The fourth-order valence-corrected chi connectivity index (χ4v) is 2.46. The zero-order chi connectivity index (χ0) is 16.3. The van der Waals surface area contributed by atoms with E-state index in [-0.39, 0.29) is 5.56 Å². The summed E-state index contributed by atoms with van der Waals surface area (Å²) < 4.78 is 36.6. The van der Waals surface area contributed by atoms with Crippen LogP contribution in [0.5, 0.6) is 0 Å². The van der Waals surface area contributed by atoms with Crippen molar-refractivity contribution in [2.24, 2.45) is 0 Å². The quantitative estimate of drug-likeness (QED) is 0.895. The van der Waals surface area contributed by atoms with Crippen LogP contribution in [0.25, 0.3) is 0 Å². The molecule has 8 heteroatoms. The molecule has 2 rings (SSSR count). The predicted molar refractivity (Wildman–Crippen MR) is 72.8 cm³/mol. The number of halogens is 3. The highest BCUT2D eigenvalue weighted by Gasteiger charge is 2.40. The number of rotatable bonds is 3. The highest BCUT2D eigenvalue weighted by molar-refractivity contribution is 5.94. The van der Waals surface area contributed by atoms with E-state index in [1.54, 1.807) is 23.1 Å². The fraction of sp³-hybridized carbons (Fsp3) is 0.429. The summed E-state index contributed by atoms with van der Waals surface area (Å²) in [4.78, 5) is 23.9. The Labute approximate surface area is 124 Å². The Hall–Kier alpha value is -2.25. The van der Waals surface area contributed by atoms with Gasteiger partial charge in [-0.2, -0.15) is 13.2 Å². The summed E-state index contributed by atoms with van der Waals surface area (Å²) in [5.41, 5.74) is 0.691. The number of carboxylic acid groups (broad SMARTS) is 1. The lowest BCUT2D eigenvalue weighted by Crippen LogP contribution is -2.48. The largest absolute Gasteiger partial charge is 0.478 e. The van der Waals surface area contributed by atoms with E-state index in [1.165, 1.54) is 6.07 Å². The number of alkyl halides is 3. The molecule has 5 nitrogen and oxygen atoms in total. The fourth-order valence-electron chi connectivity index (χ4n) is 2.46. The lowest BCUT2D eigenvalue weighted by Gasteiger charge is -2.34. The Morgan fingerprint density at radius 3 is 2.32 bits per heavy atom. The van der Waals surface area contributed by atoms with Gasteiger partial charge in [-0.15, -0.1) is 0 Å². The van der Waals surface area contributed by atoms with Crippen molar-refractivity contribution in [3.05, 3.63) is 29.8 Å². The van der Waals surface area contributed by atoms with Gasteiger partial charge in [-0.25, -0.2) is 4.79 Å². The Balaban J connectivity index is 1.98. The number of hydrogen-bond acceptors (Lipinski definition) is 3. The minimum Gasteiger partial charge on any atom is -0.478 e. The molecule has 22 heavy (non-hydrogen) atoms. The summed E-state index contributed by atoms with van der Waals surface area (Å²) in [7, 11) is 0. The van der Waals surface area contributed by atoms with Crippen molar-refractivity contribution >= 4 is 17.6 Å². The van der Waals surface area contributed by atoms with E-state index in [0.717, 1.165) is 0 Å². The maximum absolute atomic E-state index is 12.2. The zero-order valence-corrected chi connectivity index (χ0v) is 11.6. The van der Waals surface area contributed by atoms with Crippen LogP contribution in [0.3, 0.4) is 0 Å². The van der Waals surface area contributed by atoms with Gasteiger partial charge in [-0.3, -0.25) is 4.79 Å². The summed E-state index contributed by atoms with van der Waals surface area (Å²) in [6, 6.07) is 5.91. The third kappa shape index (κ3) is 3.69. The van der Waals surface area contributed by atoms with E-state index in [2.05, 4.69) is 0 Å².